The van der Waals surface area contributed by atoms with Crippen molar-refractivity contribution in [1.82, 2.24) is 0 Å². The lowest BCUT2D eigenvalue weighted by molar-refractivity contribution is 0.0981. The van der Waals surface area contributed by atoms with E-state index in [0.29, 0.717) is 0 Å². The van der Waals surface area contributed by atoms with E-state index < -0.39 is 0 Å². The number of hydrogen-bond acceptors (Lipinski definition) is 4. The van der Waals surface area contributed by atoms with E-state index in [0.717, 1.165) is 42.9 Å². The lowest BCUT2D eigenvalue weighted by Gasteiger charge is -2.19. The molecule has 1 aliphatic heterocycles. The highest BCUT2D eigenvalue weighted by Crippen LogP contribution is 2.32. The summed E-state index contributed by atoms with van der Waals surface area (Å²) in [7, 11) is 3.31. The molecule has 1 aromatic rings. The second kappa shape index (κ2) is 6.07. The fourth-order valence-corrected chi connectivity index (χ4v) is 2.37. The maximum absolute atomic E-state index is 6.26. The van der Waals surface area contributed by atoms with E-state index in [4.69, 9.17) is 19.9 Å². The quantitative estimate of drug-likeness (QED) is 0.872. The summed E-state index contributed by atoms with van der Waals surface area (Å²) >= 11 is 0. The summed E-state index contributed by atoms with van der Waals surface area (Å²) in [6, 6.07) is 5.63. The zero-order valence-electron chi connectivity index (χ0n) is 11.0. The summed E-state index contributed by atoms with van der Waals surface area (Å²) < 4.78 is 16.2. The third kappa shape index (κ3) is 2.94. The molecule has 1 heterocycles. The molecule has 1 aliphatic rings. The third-order valence-electron chi connectivity index (χ3n) is 3.38. The zero-order chi connectivity index (χ0) is 13.0. The predicted molar refractivity (Wildman–Crippen MR) is 70.1 cm³/mol. The van der Waals surface area contributed by atoms with Crippen LogP contribution in [0.4, 0.5) is 0 Å². The van der Waals surface area contributed by atoms with Crippen LogP contribution < -0.4 is 15.2 Å². The van der Waals surface area contributed by atoms with Crippen molar-refractivity contribution in [2.45, 2.75) is 31.4 Å². The summed E-state index contributed by atoms with van der Waals surface area (Å²) in [5.74, 6) is 1.61. The van der Waals surface area contributed by atoms with E-state index in [1.54, 1.807) is 14.2 Å². The standard InChI is InChI=1S/C14H21NO3/c1-16-10-5-6-14(17-2)12(8-10)13(15)9-11-4-3-7-18-11/h5-6,8,11,13H,3-4,7,9,15H2,1-2H3. The Morgan fingerprint density at radius 3 is 2.83 bits per heavy atom. The van der Waals surface area contributed by atoms with Gasteiger partial charge in [-0.15, -0.1) is 0 Å². The second-order valence-electron chi connectivity index (χ2n) is 4.59. The SMILES string of the molecule is COc1ccc(OC)c(C(N)CC2CCCO2)c1. The van der Waals surface area contributed by atoms with Crippen molar-refractivity contribution in [2.75, 3.05) is 20.8 Å². The van der Waals surface area contributed by atoms with E-state index in [9.17, 15) is 0 Å². The average Bonchev–Trinajstić information content (AvgIpc) is 2.90. The van der Waals surface area contributed by atoms with Gasteiger partial charge in [-0.05, 0) is 37.5 Å². The fourth-order valence-electron chi connectivity index (χ4n) is 2.37. The second-order valence-corrected chi connectivity index (χ2v) is 4.59. The van der Waals surface area contributed by atoms with Gasteiger partial charge in [0.25, 0.3) is 0 Å². The Morgan fingerprint density at radius 2 is 2.22 bits per heavy atom. The molecule has 2 atom stereocenters. The third-order valence-corrected chi connectivity index (χ3v) is 3.38. The number of ether oxygens (including phenoxy) is 3. The minimum Gasteiger partial charge on any atom is -0.497 e. The van der Waals surface area contributed by atoms with Crippen LogP contribution in [0.2, 0.25) is 0 Å². The highest BCUT2D eigenvalue weighted by Gasteiger charge is 2.21. The molecule has 2 rings (SSSR count). The molecule has 1 fully saturated rings. The molecule has 0 aromatic heterocycles. The van der Waals surface area contributed by atoms with Crippen LogP contribution in [0, 0.1) is 0 Å². The molecule has 2 N–H and O–H groups in total. The average molecular weight is 251 g/mol. The first-order chi connectivity index (χ1) is 8.74. The van der Waals surface area contributed by atoms with E-state index in [2.05, 4.69) is 0 Å². The number of nitrogens with two attached hydrogens (primary N) is 1. The van der Waals surface area contributed by atoms with Crippen molar-refractivity contribution in [2.24, 2.45) is 5.73 Å². The van der Waals surface area contributed by atoms with Gasteiger partial charge in [-0.3, -0.25) is 0 Å². The molecule has 0 aliphatic carbocycles. The molecule has 1 aromatic carbocycles. The van der Waals surface area contributed by atoms with E-state index in [1.165, 1.54) is 0 Å². The number of rotatable bonds is 5. The smallest absolute Gasteiger partial charge is 0.123 e. The fraction of sp³-hybridized carbons (Fsp3) is 0.571. The Labute approximate surface area is 108 Å². The summed E-state index contributed by atoms with van der Waals surface area (Å²) in [5.41, 5.74) is 7.24. The number of benzene rings is 1. The highest BCUT2D eigenvalue weighted by atomic mass is 16.5. The first-order valence-electron chi connectivity index (χ1n) is 6.33. The van der Waals surface area contributed by atoms with Crippen molar-refractivity contribution in [1.29, 1.82) is 0 Å². The van der Waals surface area contributed by atoms with E-state index in [1.807, 2.05) is 18.2 Å². The Kier molecular flexibility index (Phi) is 4.44. The molecular formula is C14H21NO3. The van der Waals surface area contributed by atoms with Crippen LogP contribution in [-0.4, -0.2) is 26.9 Å². The van der Waals surface area contributed by atoms with E-state index >= 15 is 0 Å². The topological polar surface area (TPSA) is 53.7 Å². The molecule has 4 nitrogen and oxygen atoms in total. The number of methoxy groups -OCH3 is 2. The van der Waals surface area contributed by atoms with Crippen LogP contribution in [0.3, 0.4) is 0 Å². The minimum atomic E-state index is -0.0850. The van der Waals surface area contributed by atoms with Crippen LogP contribution in [0.1, 0.15) is 30.9 Å². The minimum absolute atomic E-state index is 0.0850. The van der Waals surface area contributed by atoms with Crippen LogP contribution in [0.15, 0.2) is 18.2 Å². The summed E-state index contributed by atoms with van der Waals surface area (Å²) in [4.78, 5) is 0. The molecule has 0 saturated carbocycles. The molecule has 0 spiro atoms. The normalized spacial score (nSPS) is 20.7. The molecule has 18 heavy (non-hydrogen) atoms. The van der Waals surface area contributed by atoms with Gasteiger partial charge in [0.15, 0.2) is 0 Å². The molecule has 0 bridgehead atoms. The van der Waals surface area contributed by atoms with Gasteiger partial charge in [-0.1, -0.05) is 0 Å². The summed E-state index contributed by atoms with van der Waals surface area (Å²) in [6.45, 7) is 0.854. The molecule has 100 valence electrons. The number of hydrogen-bond donors (Lipinski definition) is 1. The van der Waals surface area contributed by atoms with Crippen LogP contribution in [0.5, 0.6) is 11.5 Å². The maximum Gasteiger partial charge on any atom is 0.123 e. The van der Waals surface area contributed by atoms with Gasteiger partial charge in [0.05, 0.1) is 20.3 Å². The van der Waals surface area contributed by atoms with Crippen molar-refractivity contribution >= 4 is 0 Å². The van der Waals surface area contributed by atoms with Crippen LogP contribution in [0.25, 0.3) is 0 Å². The van der Waals surface area contributed by atoms with Crippen LogP contribution in [-0.2, 0) is 4.74 Å². The van der Waals surface area contributed by atoms with Crippen molar-refractivity contribution < 1.29 is 14.2 Å². The molecule has 2 unspecified atom stereocenters. The van der Waals surface area contributed by atoms with E-state index in [-0.39, 0.29) is 12.1 Å². The molecule has 1 saturated heterocycles. The lowest BCUT2D eigenvalue weighted by atomic mass is 9.99. The van der Waals surface area contributed by atoms with Gasteiger partial charge in [0, 0.05) is 18.2 Å². The predicted octanol–water partition coefficient (Wildman–Crippen LogP) is 2.27. The first kappa shape index (κ1) is 13.2. The Balaban J connectivity index is 2.13. The Morgan fingerprint density at radius 1 is 1.39 bits per heavy atom. The summed E-state index contributed by atoms with van der Waals surface area (Å²) in [6.07, 6.45) is 3.33. The zero-order valence-corrected chi connectivity index (χ0v) is 11.0. The van der Waals surface area contributed by atoms with Gasteiger partial charge in [0.1, 0.15) is 11.5 Å². The first-order valence-corrected chi connectivity index (χ1v) is 6.33. The van der Waals surface area contributed by atoms with Gasteiger partial charge >= 0.3 is 0 Å². The van der Waals surface area contributed by atoms with Crippen molar-refractivity contribution in [3.05, 3.63) is 23.8 Å². The van der Waals surface area contributed by atoms with Gasteiger partial charge < -0.3 is 19.9 Å². The Bertz CT molecular complexity index is 389. The van der Waals surface area contributed by atoms with Crippen molar-refractivity contribution in [3.8, 4) is 11.5 Å². The molecule has 4 heteroatoms. The largest absolute Gasteiger partial charge is 0.497 e. The monoisotopic (exact) mass is 251 g/mol. The molecular weight excluding hydrogens is 230 g/mol. The van der Waals surface area contributed by atoms with Crippen molar-refractivity contribution in [3.63, 3.8) is 0 Å². The molecule has 0 radical (unpaired) electrons. The highest BCUT2D eigenvalue weighted by molar-refractivity contribution is 5.42. The molecule has 0 amide bonds. The van der Waals surface area contributed by atoms with Gasteiger partial charge in [-0.25, -0.2) is 0 Å². The lowest BCUT2D eigenvalue weighted by Crippen LogP contribution is -2.19. The Hall–Kier alpha value is -1.26. The summed E-state index contributed by atoms with van der Waals surface area (Å²) in [5, 5.41) is 0. The maximum atomic E-state index is 6.26. The van der Waals surface area contributed by atoms with Crippen LogP contribution >= 0.6 is 0 Å². The van der Waals surface area contributed by atoms with Gasteiger partial charge in [-0.2, -0.15) is 0 Å². The van der Waals surface area contributed by atoms with Gasteiger partial charge in [0.2, 0.25) is 0 Å².